The second-order valence-corrected chi connectivity index (χ2v) is 11.5. The lowest BCUT2D eigenvalue weighted by atomic mass is 10.1. The number of benzene rings is 2. The van der Waals surface area contributed by atoms with Crippen LogP contribution in [0.3, 0.4) is 0 Å². The van der Waals surface area contributed by atoms with Gasteiger partial charge in [0.2, 0.25) is 28.6 Å². The molecule has 1 heterocycles. The smallest absolute Gasteiger partial charge is 0.244 e. The lowest BCUT2D eigenvalue weighted by Crippen LogP contribution is -2.54. The zero-order chi connectivity index (χ0) is 25.8. The average molecular weight is 504 g/mol. The first-order valence-electron chi connectivity index (χ1n) is 11.5. The van der Waals surface area contributed by atoms with Crippen molar-refractivity contribution in [3.8, 4) is 11.5 Å². The molecule has 2 amide bonds. The molecule has 9 nitrogen and oxygen atoms in total. The van der Waals surface area contributed by atoms with Crippen LogP contribution in [0.4, 0.5) is 5.69 Å². The normalized spacial score (nSPS) is 13.7. The van der Waals surface area contributed by atoms with Crippen LogP contribution in [0, 0.1) is 0 Å². The SMILES string of the molecule is CCS(=O)(=O)N(CC(=O)N(Cc1ccccc1)[C@H](C)C(=O)NC(C)(C)C)c1ccc2c(c1)OCO2. The third kappa shape index (κ3) is 6.66. The predicted molar refractivity (Wildman–Crippen MR) is 134 cm³/mol. The van der Waals surface area contributed by atoms with Crippen LogP contribution in [0.1, 0.15) is 40.2 Å². The number of carbonyl (C=O) groups is 2. The van der Waals surface area contributed by atoms with E-state index in [2.05, 4.69) is 5.32 Å². The Morgan fingerprint density at radius 1 is 1.06 bits per heavy atom. The third-order valence-electron chi connectivity index (χ3n) is 5.48. The number of rotatable bonds is 9. The molecule has 0 unspecified atom stereocenters. The summed E-state index contributed by atoms with van der Waals surface area (Å²) < 4.78 is 37.8. The number of amides is 2. The zero-order valence-corrected chi connectivity index (χ0v) is 21.6. The molecule has 1 N–H and O–H groups in total. The minimum Gasteiger partial charge on any atom is -0.454 e. The first-order chi connectivity index (χ1) is 16.4. The monoisotopic (exact) mass is 503 g/mol. The largest absolute Gasteiger partial charge is 0.454 e. The van der Waals surface area contributed by atoms with Crippen LogP contribution in [-0.2, 0) is 26.2 Å². The molecule has 0 fully saturated rings. The molecule has 190 valence electrons. The Labute approximate surface area is 207 Å². The van der Waals surface area contributed by atoms with Crippen molar-refractivity contribution in [2.75, 3.05) is 23.4 Å². The molecule has 0 radical (unpaired) electrons. The van der Waals surface area contributed by atoms with Gasteiger partial charge in [0.15, 0.2) is 11.5 Å². The van der Waals surface area contributed by atoms with E-state index in [-0.39, 0.29) is 30.7 Å². The maximum absolute atomic E-state index is 13.6. The van der Waals surface area contributed by atoms with E-state index >= 15 is 0 Å². The van der Waals surface area contributed by atoms with Crippen LogP contribution >= 0.6 is 0 Å². The van der Waals surface area contributed by atoms with Gasteiger partial charge in [-0.15, -0.1) is 0 Å². The molecule has 0 spiro atoms. The fourth-order valence-electron chi connectivity index (χ4n) is 3.60. The summed E-state index contributed by atoms with van der Waals surface area (Å²) in [5.41, 5.74) is 0.622. The van der Waals surface area contributed by atoms with Crippen molar-refractivity contribution in [2.45, 2.75) is 52.7 Å². The highest BCUT2D eigenvalue weighted by atomic mass is 32.2. The lowest BCUT2D eigenvalue weighted by molar-refractivity contribution is -0.140. The van der Waals surface area contributed by atoms with Crippen LogP contribution in [0.5, 0.6) is 11.5 Å². The van der Waals surface area contributed by atoms with Crippen LogP contribution in [0.2, 0.25) is 0 Å². The van der Waals surface area contributed by atoms with Crippen molar-refractivity contribution in [1.82, 2.24) is 10.2 Å². The number of carbonyl (C=O) groups excluding carboxylic acids is 2. The standard InChI is InChI=1S/C25H33N3O6S/c1-6-35(31,32)28(20-12-13-21-22(14-20)34-17-33-21)16-23(29)27(15-19-10-8-7-9-11-19)18(2)24(30)26-25(3,4)5/h7-14,18H,6,15-17H2,1-5H3,(H,26,30)/t18-/m1/s1. The summed E-state index contributed by atoms with van der Waals surface area (Å²) in [4.78, 5) is 28.0. The summed E-state index contributed by atoms with van der Waals surface area (Å²) in [6.45, 7) is 8.46. The van der Waals surface area contributed by atoms with Gasteiger partial charge in [0.1, 0.15) is 12.6 Å². The summed E-state index contributed by atoms with van der Waals surface area (Å²) in [7, 11) is -3.82. The Kier molecular flexibility index (Phi) is 7.94. The molecule has 2 aromatic rings. The summed E-state index contributed by atoms with van der Waals surface area (Å²) in [5, 5.41) is 2.90. The van der Waals surface area contributed by atoms with Gasteiger partial charge in [0.05, 0.1) is 11.4 Å². The van der Waals surface area contributed by atoms with E-state index in [9.17, 15) is 18.0 Å². The van der Waals surface area contributed by atoms with Crippen molar-refractivity contribution in [3.05, 3.63) is 54.1 Å². The second-order valence-electron chi connectivity index (χ2n) is 9.37. The molecule has 1 atom stereocenters. The number of fused-ring (bicyclic) bond motifs is 1. The molecule has 0 saturated heterocycles. The molecule has 0 bridgehead atoms. The van der Waals surface area contributed by atoms with E-state index in [1.165, 1.54) is 11.8 Å². The van der Waals surface area contributed by atoms with Crippen molar-refractivity contribution in [2.24, 2.45) is 0 Å². The Morgan fingerprint density at radius 3 is 2.34 bits per heavy atom. The number of anilines is 1. The first kappa shape index (κ1) is 26.3. The molecule has 0 aromatic heterocycles. The number of nitrogens with zero attached hydrogens (tertiary/aromatic N) is 2. The van der Waals surface area contributed by atoms with Crippen molar-refractivity contribution < 1.29 is 27.5 Å². The van der Waals surface area contributed by atoms with Crippen molar-refractivity contribution in [3.63, 3.8) is 0 Å². The number of sulfonamides is 1. The molecule has 0 aliphatic carbocycles. The van der Waals surface area contributed by atoms with Gasteiger partial charge in [0, 0.05) is 18.2 Å². The summed E-state index contributed by atoms with van der Waals surface area (Å²) >= 11 is 0. The topological polar surface area (TPSA) is 105 Å². The average Bonchev–Trinajstić information content (AvgIpc) is 3.27. The highest BCUT2D eigenvalue weighted by Gasteiger charge is 2.32. The van der Waals surface area contributed by atoms with Crippen molar-refractivity contribution >= 4 is 27.5 Å². The number of nitrogens with one attached hydrogen (secondary N) is 1. The van der Waals surface area contributed by atoms with Gasteiger partial charge < -0.3 is 19.7 Å². The Balaban J connectivity index is 1.93. The maximum Gasteiger partial charge on any atom is 0.244 e. The van der Waals surface area contributed by atoms with Crippen LogP contribution < -0.4 is 19.1 Å². The minimum absolute atomic E-state index is 0.0451. The van der Waals surface area contributed by atoms with Crippen molar-refractivity contribution in [1.29, 1.82) is 0 Å². The highest BCUT2D eigenvalue weighted by molar-refractivity contribution is 7.92. The molecule has 35 heavy (non-hydrogen) atoms. The summed E-state index contributed by atoms with van der Waals surface area (Å²) in [6.07, 6.45) is 0. The minimum atomic E-state index is -3.82. The van der Waals surface area contributed by atoms with E-state index in [0.29, 0.717) is 11.5 Å². The predicted octanol–water partition coefficient (Wildman–Crippen LogP) is 2.90. The van der Waals surface area contributed by atoms with Crippen LogP contribution in [-0.4, -0.2) is 55.8 Å². The van der Waals surface area contributed by atoms with Crippen LogP contribution in [0.15, 0.2) is 48.5 Å². The fourth-order valence-corrected chi connectivity index (χ4v) is 4.65. The highest BCUT2D eigenvalue weighted by Crippen LogP contribution is 2.36. The molecule has 0 saturated carbocycles. The zero-order valence-electron chi connectivity index (χ0n) is 20.8. The number of ether oxygens (including phenoxy) is 2. The van der Waals surface area contributed by atoms with Gasteiger partial charge in [-0.25, -0.2) is 8.42 Å². The van der Waals surface area contributed by atoms with E-state index < -0.39 is 34.1 Å². The van der Waals surface area contributed by atoms with Gasteiger partial charge >= 0.3 is 0 Å². The molecule has 10 heteroatoms. The van der Waals surface area contributed by atoms with Gasteiger partial charge in [-0.05, 0) is 52.3 Å². The summed E-state index contributed by atoms with van der Waals surface area (Å²) in [6, 6.07) is 13.2. The van der Waals surface area contributed by atoms with E-state index in [0.717, 1.165) is 9.87 Å². The first-order valence-corrected chi connectivity index (χ1v) is 13.1. The van der Waals surface area contributed by atoms with Gasteiger partial charge in [-0.1, -0.05) is 30.3 Å². The number of hydrogen-bond acceptors (Lipinski definition) is 6. The Hall–Kier alpha value is -3.27. The molecule has 1 aliphatic rings. The molecule has 2 aromatic carbocycles. The Morgan fingerprint density at radius 2 is 1.71 bits per heavy atom. The van der Waals surface area contributed by atoms with Gasteiger partial charge in [-0.3, -0.25) is 13.9 Å². The molecule has 3 rings (SSSR count). The van der Waals surface area contributed by atoms with Gasteiger partial charge in [-0.2, -0.15) is 0 Å². The van der Waals surface area contributed by atoms with E-state index in [4.69, 9.17) is 9.47 Å². The van der Waals surface area contributed by atoms with Crippen LogP contribution in [0.25, 0.3) is 0 Å². The summed E-state index contributed by atoms with van der Waals surface area (Å²) in [5.74, 6) is -0.111. The van der Waals surface area contributed by atoms with E-state index in [1.54, 1.807) is 25.1 Å². The third-order valence-corrected chi connectivity index (χ3v) is 7.23. The molecular formula is C25H33N3O6S. The number of hydrogen-bond donors (Lipinski definition) is 1. The maximum atomic E-state index is 13.6. The van der Waals surface area contributed by atoms with Gasteiger partial charge in [0.25, 0.3) is 0 Å². The second kappa shape index (κ2) is 10.6. The van der Waals surface area contributed by atoms with E-state index in [1.807, 2.05) is 51.1 Å². The fraction of sp³-hybridized carbons (Fsp3) is 0.440. The molecule has 1 aliphatic heterocycles. The molecular weight excluding hydrogens is 470 g/mol. The lowest BCUT2D eigenvalue weighted by Gasteiger charge is -2.33. The Bertz CT molecular complexity index is 1160. The quantitative estimate of drug-likeness (QED) is 0.564.